The predicted molar refractivity (Wildman–Crippen MR) is 105 cm³/mol. The van der Waals surface area contributed by atoms with Crippen LogP contribution in [0.5, 0.6) is 0 Å². The number of anilines is 1. The van der Waals surface area contributed by atoms with E-state index in [1.165, 1.54) is 11.3 Å². The monoisotopic (exact) mass is 402 g/mol. The van der Waals surface area contributed by atoms with Crippen LogP contribution in [0.25, 0.3) is 10.9 Å². The average molecular weight is 402 g/mol. The molecule has 2 heterocycles. The van der Waals surface area contributed by atoms with Crippen molar-refractivity contribution in [3.05, 3.63) is 56.2 Å². The molecule has 0 radical (unpaired) electrons. The summed E-state index contributed by atoms with van der Waals surface area (Å²) in [6, 6.07) is 6.69. The van der Waals surface area contributed by atoms with Gasteiger partial charge in [0, 0.05) is 18.3 Å². The fraction of sp³-hybridized carbons (Fsp3) is 0.278. The summed E-state index contributed by atoms with van der Waals surface area (Å²) in [4.78, 5) is 54.9. The minimum atomic E-state index is -0.567. The number of aromatic amines is 1. The van der Waals surface area contributed by atoms with E-state index in [0.717, 1.165) is 4.57 Å². The molecule has 2 N–H and O–H groups in total. The van der Waals surface area contributed by atoms with Crippen LogP contribution in [0.4, 0.5) is 5.13 Å². The fourth-order valence-electron chi connectivity index (χ4n) is 2.60. The fourth-order valence-corrected chi connectivity index (χ4v) is 3.33. The predicted octanol–water partition coefficient (Wildman–Crippen LogP) is 1.28. The summed E-state index contributed by atoms with van der Waals surface area (Å²) < 4.78 is 5.85. The first kappa shape index (κ1) is 19.5. The number of benzene rings is 1. The molecule has 9 nitrogen and oxygen atoms in total. The number of nitrogens with zero attached hydrogens (tertiary/aromatic N) is 2. The summed E-state index contributed by atoms with van der Waals surface area (Å²) in [5, 5.41) is 4.98. The highest BCUT2D eigenvalue weighted by Gasteiger charge is 2.12. The van der Waals surface area contributed by atoms with E-state index < -0.39 is 17.2 Å². The Balaban J connectivity index is 1.63. The van der Waals surface area contributed by atoms with Crippen molar-refractivity contribution < 1.29 is 14.3 Å². The lowest BCUT2D eigenvalue weighted by molar-refractivity contribution is -0.142. The molecule has 10 heteroatoms. The number of carbonyl (C=O) groups is 2. The molecule has 0 aliphatic rings. The second kappa shape index (κ2) is 8.61. The van der Waals surface area contributed by atoms with Crippen LogP contribution in [0.15, 0.2) is 39.2 Å². The quantitative estimate of drug-likeness (QED) is 0.574. The third-order valence-electron chi connectivity index (χ3n) is 3.88. The number of nitrogens with one attached hydrogen (secondary N) is 2. The van der Waals surface area contributed by atoms with Crippen molar-refractivity contribution in [2.24, 2.45) is 0 Å². The van der Waals surface area contributed by atoms with Gasteiger partial charge in [0.05, 0.1) is 29.6 Å². The SMILES string of the molecule is CCOC(=O)Cc1csc(NC(=O)CCn2c(=O)[nH]c3ccccc3c2=O)n1. The van der Waals surface area contributed by atoms with Crippen molar-refractivity contribution in [1.82, 2.24) is 14.5 Å². The van der Waals surface area contributed by atoms with Gasteiger partial charge >= 0.3 is 11.7 Å². The van der Waals surface area contributed by atoms with E-state index in [0.29, 0.717) is 28.3 Å². The molecule has 146 valence electrons. The van der Waals surface area contributed by atoms with Crippen molar-refractivity contribution >= 4 is 39.2 Å². The third-order valence-corrected chi connectivity index (χ3v) is 4.69. The number of hydrogen-bond donors (Lipinski definition) is 2. The number of H-pyrrole nitrogens is 1. The Bertz CT molecular complexity index is 1130. The Morgan fingerprint density at radius 3 is 2.86 bits per heavy atom. The van der Waals surface area contributed by atoms with E-state index in [9.17, 15) is 19.2 Å². The van der Waals surface area contributed by atoms with Crippen LogP contribution in [0.3, 0.4) is 0 Å². The average Bonchev–Trinajstić information content (AvgIpc) is 3.08. The Morgan fingerprint density at radius 1 is 1.29 bits per heavy atom. The summed E-state index contributed by atoms with van der Waals surface area (Å²) in [6.45, 7) is 1.95. The number of aromatic nitrogens is 3. The molecular weight excluding hydrogens is 384 g/mol. The zero-order chi connectivity index (χ0) is 20.1. The van der Waals surface area contributed by atoms with Crippen LogP contribution in [0.1, 0.15) is 19.0 Å². The molecule has 0 aliphatic carbocycles. The Hall–Kier alpha value is -3.27. The van der Waals surface area contributed by atoms with Crippen LogP contribution >= 0.6 is 11.3 Å². The highest BCUT2D eigenvalue weighted by molar-refractivity contribution is 7.13. The molecule has 3 aromatic rings. The minimum absolute atomic E-state index is 0.0298. The van der Waals surface area contributed by atoms with Gasteiger partial charge in [-0.15, -0.1) is 11.3 Å². The maximum atomic E-state index is 12.4. The van der Waals surface area contributed by atoms with Crippen molar-refractivity contribution in [2.75, 3.05) is 11.9 Å². The minimum Gasteiger partial charge on any atom is -0.466 e. The number of ether oxygens (including phenoxy) is 1. The van der Waals surface area contributed by atoms with Crippen LogP contribution in [0.2, 0.25) is 0 Å². The van der Waals surface area contributed by atoms with Crippen molar-refractivity contribution in [2.45, 2.75) is 26.3 Å². The summed E-state index contributed by atoms with van der Waals surface area (Å²) >= 11 is 1.18. The summed E-state index contributed by atoms with van der Waals surface area (Å²) in [5.41, 5.74) is -0.0587. The maximum Gasteiger partial charge on any atom is 0.328 e. The first-order valence-corrected chi connectivity index (χ1v) is 9.47. The molecule has 0 fully saturated rings. The lowest BCUT2D eigenvalue weighted by Gasteiger charge is -2.06. The third kappa shape index (κ3) is 4.52. The number of rotatable bonds is 7. The van der Waals surface area contributed by atoms with Gasteiger partial charge in [0.1, 0.15) is 0 Å². The molecule has 0 bridgehead atoms. The van der Waals surface area contributed by atoms with Gasteiger partial charge in [-0.05, 0) is 19.1 Å². The van der Waals surface area contributed by atoms with Gasteiger partial charge in [-0.3, -0.25) is 19.0 Å². The highest BCUT2D eigenvalue weighted by Crippen LogP contribution is 2.16. The summed E-state index contributed by atoms with van der Waals surface area (Å²) in [6.07, 6.45) is -0.0454. The molecule has 0 saturated carbocycles. The van der Waals surface area contributed by atoms with Crippen LogP contribution in [-0.2, 0) is 27.3 Å². The Labute approximate surface area is 163 Å². The zero-order valence-corrected chi connectivity index (χ0v) is 15.9. The number of amides is 1. The van der Waals surface area contributed by atoms with Gasteiger partial charge in [0.15, 0.2) is 5.13 Å². The second-order valence-corrected chi connectivity index (χ2v) is 6.71. The first-order chi connectivity index (χ1) is 13.5. The van der Waals surface area contributed by atoms with Gasteiger partial charge in [-0.25, -0.2) is 9.78 Å². The lowest BCUT2D eigenvalue weighted by Crippen LogP contribution is -2.36. The molecule has 0 unspecified atom stereocenters. The van der Waals surface area contributed by atoms with Gasteiger partial charge in [0.2, 0.25) is 5.91 Å². The van der Waals surface area contributed by atoms with Crippen LogP contribution in [0, 0.1) is 0 Å². The maximum absolute atomic E-state index is 12.4. The number of thiazole rings is 1. The van der Waals surface area contributed by atoms with E-state index in [4.69, 9.17) is 4.74 Å². The topological polar surface area (TPSA) is 123 Å². The molecule has 1 amide bonds. The molecular formula is C18H18N4O5S. The smallest absolute Gasteiger partial charge is 0.328 e. The Kier molecular flexibility index (Phi) is 5.99. The molecule has 0 atom stereocenters. The van der Waals surface area contributed by atoms with Crippen molar-refractivity contribution in [3.63, 3.8) is 0 Å². The standard InChI is InChI=1S/C18H18N4O5S/c1-2-27-15(24)9-11-10-28-17(19-11)21-14(23)7-8-22-16(25)12-5-3-4-6-13(12)20-18(22)26/h3-6,10H,2,7-9H2,1H3,(H,20,26)(H,19,21,23). The number of hydrogen-bond acceptors (Lipinski definition) is 7. The number of para-hydroxylation sites is 1. The zero-order valence-electron chi connectivity index (χ0n) is 15.1. The van der Waals surface area contributed by atoms with Crippen LogP contribution < -0.4 is 16.6 Å². The second-order valence-electron chi connectivity index (χ2n) is 5.86. The molecule has 0 saturated heterocycles. The van der Waals surface area contributed by atoms with Crippen molar-refractivity contribution in [1.29, 1.82) is 0 Å². The van der Waals surface area contributed by atoms with Gasteiger partial charge in [-0.1, -0.05) is 12.1 Å². The number of esters is 1. The summed E-state index contributed by atoms with van der Waals surface area (Å²) in [7, 11) is 0. The molecule has 1 aromatic carbocycles. The molecule has 2 aromatic heterocycles. The first-order valence-electron chi connectivity index (χ1n) is 8.59. The van der Waals surface area contributed by atoms with Crippen molar-refractivity contribution in [3.8, 4) is 0 Å². The molecule has 0 aliphatic heterocycles. The van der Waals surface area contributed by atoms with Crippen LogP contribution in [-0.4, -0.2) is 33.0 Å². The van der Waals surface area contributed by atoms with E-state index in [1.54, 1.807) is 36.6 Å². The Morgan fingerprint density at radius 2 is 2.07 bits per heavy atom. The van der Waals surface area contributed by atoms with E-state index >= 15 is 0 Å². The van der Waals surface area contributed by atoms with E-state index in [1.807, 2.05) is 0 Å². The van der Waals surface area contributed by atoms with Gasteiger partial charge in [-0.2, -0.15) is 0 Å². The normalized spacial score (nSPS) is 10.8. The van der Waals surface area contributed by atoms with Gasteiger partial charge in [0.25, 0.3) is 5.56 Å². The molecule has 0 spiro atoms. The summed E-state index contributed by atoms with van der Waals surface area (Å²) in [5.74, 6) is -0.780. The highest BCUT2D eigenvalue weighted by atomic mass is 32.1. The van der Waals surface area contributed by atoms with Gasteiger partial charge < -0.3 is 15.0 Å². The van der Waals surface area contributed by atoms with E-state index in [-0.39, 0.29) is 25.4 Å². The molecule has 28 heavy (non-hydrogen) atoms. The largest absolute Gasteiger partial charge is 0.466 e. The van der Waals surface area contributed by atoms with E-state index in [2.05, 4.69) is 15.3 Å². The number of fused-ring (bicyclic) bond motifs is 1. The lowest BCUT2D eigenvalue weighted by atomic mass is 10.2. The molecule has 3 rings (SSSR count). The number of carbonyl (C=O) groups excluding carboxylic acids is 2.